The van der Waals surface area contributed by atoms with Crippen molar-refractivity contribution < 1.29 is 0 Å². The molecule has 0 amide bonds. The fourth-order valence-corrected chi connectivity index (χ4v) is 2.72. The van der Waals surface area contributed by atoms with E-state index in [1.54, 1.807) is 0 Å². The highest BCUT2D eigenvalue weighted by Crippen LogP contribution is 2.20. The van der Waals surface area contributed by atoms with Gasteiger partial charge in [-0.2, -0.15) is 0 Å². The smallest absolute Gasteiger partial charge is 0.0361 e. The SMILES string of the molecule is CCNC(Cc1cccnc1)c1cccc(CC(C)C)c1. The number of likely N-dealkylation sites (N-methyl/N-ethyl adjacent to an activating group) is 1. The van der Waals surface area contributed by atoms with E-state index in [0.29, 0.717) is 12.0 Å². The molecule has 0 saturated heterocycles. The van der Waals surface area contributed by atoms with E-state index in [9.17, 15) is 0 Å². The lowest BCUT2D eigenvalue weighted by Gasteiger charge is -2.19. The lowest BCUT2D eigenvalue weighted by Crippen LogP contribution is -2.23. The van der Waals surface area contributed by atoms with Gasteiger partial charge in [0.1, 0.15) is 0 Å². The predicted molar refractivity (Wildman–Crippen MR) is 89.3 cm³/mol. The minimum absolute atomic E-state index is 0.353. The molecule has 2 aromatic rings. The summed E-state index contributed by atoms with van der Waals surface area (Å²) in [6.07, 6.45) is 5.91. The average molecular weight is 282 g/mol. The summed E-state index contributed by atoms with van der Waals surface area (Å²) in [5.41, 5.74) is 4.08. The van der Waals surface area contributed by atoms with Gasteiger partial charge in [0.15, 0.2) is 0 Å². The third kappa shape index (κ3) is 4.98. The summed E-state index contributed by atoms with van der Waals surface area (Å²) in [4.78, 5) is 4.22. The zero-order chi connectivity index (χ0) is 15.1. The van der Waals surface area contributed by atoms with E-state index in [1.807, 2.05) is 18.5 Å². The monoisotopic (exact) mass is 282 g/mol. The van der Waals surface area contributed by atoms with E-state index >= 15 is 0 Å². The van der Waals surface area contributed by atoms with Gasteiger partial charge in [0, 0.05) is 18.4 Å². The maximum Gasteiger partial charge on any atom is 0.0361 e. The number of rotatable bonds is 7. The van der Waals surface area contributed by atoms with E-state index < -0.39 is 0 Å². The fraction of sp³-hybridized carbons (Fsp3) is 0.421. The molecule has 0 aliphatic heterocycles. The van der Waals surface area contributed by atoms with Crippen molar-refractivity contribution in [1.82, 2.24) is 10.3 Å². The van der Waals surface area contributed by atoms with E-state index in [-0.39, 0.29) is 0 Å². The van der Waals surface area contributed by atoms with Gasteiger partial charge in [-0.25, -0.2) is 0 Å². The average Bonchev–Trinajstić information content (AvgIpc) is 2.47. The highest BCUT2D eigenvalue weighted by atomic mass is 14.9. The Kier molecular flexibility index (Phi) is 5.94. The van der Waals surface area contributed by atoms with Gasteiger partial charge >= 0.3 is 0 Å². The molecule has 1 unspecified atom stereocenters. The summed E-state index contributed by atoms with van der Waals surface area (Å²) < 4.78 is 0. The van der Waals surface area contributed by atoms with E-state index in [4.69, 9.17) is 0 Å². The Morgan fingerprint density at radius 2 is 1.86 bits per heavy atom. The van der Waals surface area contributed by atoms with Crippen LogP contribution in [0.4, 0.5) is 0 Å². The summed E-state index contributed by atoms with van der Waals surface area (Å²) in [7, 11) is 0. The van der Waals surface area contributed by atoms with Crippen LogP contribution in [-0.2, 0) is 12.8 Å². The predicted octanol–water partition coefficient (Wildman–Crippen LogP) is 4.17. The van der Waals surface area contributed by atoms with Gasteiger partial charge in [-0.1, -0.05) is 51.1 Å². The van der Waals surface area contributed by atoms with Crippen molar-refractivity contribution in [3.63, 3.8) is 0 Å². The Labute approximate surface area is 128 Å². The molecular formula is C19H26N2. The van der Waals surface area contributed by atoms with Gasteiger partial charge in [0.25, 0.3) is 0 Å². The molecule has 1 atom stereocenters. The van der Waals surface area contributed by atoms with Crippen LogP contribution in [0, 0.1) is 5.92 Å². The summed E-state index contributed by atoms with van der Waals surface area (Å²) in [5.74, 6) is 0.691. The van der Waals surface area contributed by atoms with Crippen LogP contribution >= 0.6 is 0 Å². The standard InChI is InChI=1S/C19H26N2/c1-4-21-19(13-17-8-6-10-20-14-17)18-9-5-7-16(12-18)11-15(2)3/h5-10,12,14-15,19,21H,4,11,13H2,1-3H3. The molecule has 0 radical (unpaired) electrons. The number of aromatic nitrogens is 1. The van der Waals surface area contributed by atoms with Crippen LogP contribution in [0.25, 0.3) is 0 Å². The highest BCUT2D eigenvalue weighted by Gasteiger charge is 2.12. The molecule has 1 aromatic heterocycles. The first-order valence-electron chi connectivity index (χ1n) is 7.90. The van der Waals surface area contributed by atoms with E-state index in [1.165, 1.54) is 16.7 Å². The second-order valence-electron chi connectivity index (χ2n) is 6.02. The molecule has 1 heterocycles. The minimum atomic E-state index is 0.353. The van der Waals surface area contributed by atoms with Crippen LogP contribution in [0.15, 0.2) is 48.8 Å². The molecular weight excluding hydrogens is 256 g/mol. The van der Waals surface area contributed by atoms with Crippen molar-refractivity contribution in [3.8, 4) is 0 Å². The number of benzene rings is 1. The van der Waals surface area contributed by atoms with Crippen LogP contribution in [0.2, 0.25) is 0 Å². The van der Waals surface area contributed by atoms with Gasteiger partial charge in [-0.05, 0) is 48.1 Å². The van der Waals surface area contributed by atoms with Crippen LogP contribution < -0.4 is 5.32 Å². The molecule has 0 bridgehead atoms. The van der Waals surface area contributed by atoms with Crippen molar-refractivity contribution in [3.05, 3.63) is 65.5 Å². The molecule has 0 aliphatic carbocycles. The number of pyridine rings is 1. The minimum Gasteiger partial charge on any atom is -0.310 e. The Bertz CT molecular complexity index is 534. The summed E-state index contributed by atoms with van der Waals surface area (Å²) >= 11 is 0. The van der Waals surface area contributed by atoms with Crippen molar-refractivity contribution in [2.45, 2.75) is 39.7 Å². The Balaban J connectivity index is 2.17. The van der Waals surface area contributed by atoms with Gasteiger partial charge < -0.3 is 5.32 Å². The molecule has 1 N–H and O–H groups in total. The second-order valence-corrected chi connectivity index (χ2v) is 6.02. The number of hydrogen-bond donors (Lipinski definition) is 1. The molecule has 0 saturated carbocycles. The van der Waals surface area contributed by atoms with Crippen LogP contribution in [0.3, 0.4) is 0 Å². The molecule has 112 valence electrons. The van der Waals surface area contributed by atoms with Gasteiger partial charge in [0.05, 0.1) is 0 Å². The Morgan fingerprint density at radius 3 is 2.52 bits per heavy atom. The lowest BCUT2D eigenvalue weighted by atomic mass is 9.95. The highest BCUT2D eigenvalue weighted by molar-refractivity contribution is 5.28. The maximum absolute atomic E-state index is 4.22. The summed E-state index contributed by atoms with van der Waals surface area (Å²) in [5, 5.41) is 3.60. The van der Waals surface area contributed by atoms with Crippen molar-refractivity contribution in [1.29, 1.82) is 0 Å². The molecule has 0 aliphatic rings. The number of hydrogen-bond acceptors (Lipinski definition) is 2. The third-order valence-electron chi connectivity index (χ3n) is 3.61. The topological polar surface area (TPSA) is 24.9 Å². The first-order chi connectivity index (χ1) is 10.2. The Morgan fingerprint density at radius 1 is 1.05 bits per heavy atom. The zero-order valence-electron chi connectivity index (χ0n) is 13.3. The normalized spacial score (nSPS) is 12.6. The van der Waals surface area contributed by atoms with Crippen molar-refractivity contribution in [2.75, 3.05) is 6.54 Å². The van der Waals surface area contributed by atoms with E-state index in [0.717, 1.165) is 19.4 Å². The molecule has 2 rings (SSSR count). The first-order valence-corrected chi connectivity index (χ1v) is 7.90. The molecule has 2 nitrogen and oxygen atoms in total. The summed E-state index contributed by atoms with van der Waals surface area (Å²) in [6, 6.07) is 13.5. The first kappa shape index (κ1) is 15.7. The van der Waals surface area contributed by atoms with Gasteiger partial charge in [-0.3, -0.25) is 4.98 Å². The number of nitrogens with one attached hydrogen (secondary N) is 1. The molecule has 1 aromatic carbocycles. The van der Waals surface area contributed by atoms with Crippen LogP contribution in [-0.4, -0.2) is 11.5 Å². The second kappa shape index (κ2) is 7.94. The number of nitrogens with zero attached hydrogens (tertiary/aromatic N) is 1. The summed E-state index contributed by atoms with van der Waals surface area (Å²) in [6.45, 7) is 7.67. The van der Waals surface area contributed by atoms with Crippen LogP contribution in [0.1, 0.15) is 43.5 Å². The molecule has 21 heavy (non-hydrogen) atoms. The lowest BCUT2D eigenvalue weighted by molar-refractivity contribution is 0.547. The van der Waals surface area contributed by atoms with E-state index in [2.05, 4.69) is 61.4 Å². The zero-order valence-corrected chi connectivity index (χ0v) is 13.3. The Hall–Kier alpha value is -1.67. The van der Waals surface area contributed by atoms with Gasteiger partial charge in [-0.15, -0.1) is 0 Å². The quantitative estimate of drug-likeness (QED) is 0.824. The van der Waals surface area contributed by atoms with Gasteiger partial charge in [0.2, 0.25) is 0 Å². The largest absolute Gasteiger partial charge is 0.310 e. The maximum atomic E-state index is 4.22. The molecule has 2 heteroatoms. The molecule has 0 spiro atoms. The third-order valence-corrected chi connectivity index (χ3v) is 3.61. The molecule has 0 fully saturated rings. The fourth-order valence-electron chi connectivity index (χ4n) is 2.72. The van der Waals surface area contributed by atoms with Crippen molar-refractivity contribution >= 4 is 0 Å². The van der Waals surface area contributed by atoms with Crippen LogP contribution in [0.5, 0.6) is 0 Å². The van der Waals surface area contributed by atoms with Crippen molar-refractivity contribution in [2.24, 2.45) is 5.92 Å².